The Morgan fingerprint density at radius 3 is 2.70 bits per heavy atom. The van der Waals surface area contributed by atoms with Gasteiger partial charge in [-0.25, -0.2) is 15.0 Å². The minimum Gasteiger partial charge on any atom is -0.363 e. The number of hydrogen-bond donors (Lipinski definition) is 2. The Morgan fingerprint density at radius 2 is 1.83 bits per heavy atom. The molecule has 148 valence electrons. The number of H-pyrrole nitrogens is 1. The van der Waals surface area contributed by atoms with Crippen molar-refractivity contribution >= 4 is 27.8 Å². The van der Waals surface area contributed by atoms with E-state index >= 15 is 0 Å². The summed E-state index contributed by atoms with van der Waals surface area (Å²) in [5.41, 5.74) is 5.03. The van der Waals surface area contributed by atoms with Crippen LogP contribution in [-0.2, 0) is 6.54 Å². The third-order valence-corrected chi connectivity index (χ3v) is 5.35. The maximum absolute atomic E-state index is 13.6. The lowest BCUT2D eigenvalue weighted by atomic mass is 10.1. The summed E-state index contributed by atoms with van der Waals surface area (Å²) in [7, 11) is 0. The molecule has 0 unspecified atom stereocenters. The van der Waals surface area contributed by atoms with Gasteiger partial charge in [-0.1, -0.05) is 36.4 Å². The van der Waals surface area contributed by atoms with Crippen LogP contribution >= 0.6 is 0 Å². The first-order valence-corrected chi connectivity index (χ1v) is 9.71. The van der Waals surface area contributed by atoms with Gasteiger partial charge in [0.1, 0.15) is 11.8 Å². The Bertz CT molecular complexity index is 1450. The molecule has 30 heavy (non-hydrogen) atoms. The van der Waals surface area contributed by atoms with E-state index in [1.165, 1.54) is 6.33 Å². The molecule has 0 saturated carbocycles. The average molecular weight is 396 g/mol. The number of anilines is 1. The molecule has 5 rings (SSSR count). The molecule has 3 heterocycles. The molecule has 0 bridgehead atoms. The van der Waals surface area contributed by atoms with E-state index in [9.17, 15) is 4.79 Å². The summed E-state index contributed by atoms with van der Waals surface area (Å²) >= 11 is 0. The Hall–Kier alpha value is -4.00. The number of para-hydroxylation sites is 1. The molecule has 0 amide bonds. The van der Waals surface area contributed by atoms with E-state index in [0.29, 0.717) is 18.0 Å². The van der Waals surface area contributed by atoms with Gasteiger partial charge in [-0.2, -0.15) is 0 Å². The van der Waals surface area contributed by atoms with Gasteiger partial charge in [-0.3, -0.25) is 9.36 Å². The fourth-order valence-electron chi connectivity index (χ4n) is 3.87. The Morgan fingerprint density at radius 1 is 1.00 bits per heavy atom. The van der Waals surface area contributed by atoms with Gasteiger partial charge in [-0.05, 0) is 42.5 Å². The van der Waals surface area contributed by atoms with E-state index in [4.69, 9.17) is 0 Å². The molecule has 7 heteroatoms. The highest BCUT2D eigenvalue weighted by molar-refractivity contribution is 5.86. The normalized spacial score (nSPS) is 11.3. The molecule has 0 fully saturated rings. The minimum absolute atomic E-state index is 0.0222. The Kier molecular flexibility index (Phi) is 4.28. The van der Waals surface area contributed by atoms with E-state index in [1.807, 2.05) is 56.3 Å². The van der Waals surface area contributed by atoms with Crippen molar-refractivity contribution < 1.29 is 0 Å². The number of aromatic nitrogens is 5. The van der Waals surface area contributed by atoms with Crippen LogP contribution in [0.15, 0.2) is 66.0 Å². The predicted molar refractivity (Wildman–Crippen MR) is 118 cm³/mol. The van der Waals surface area contributed by atoms with Crippen LogP contribution in [0.1, 0.15) is 16.8 Å². The smallest absolute Gasteiger partial charge is 0.263 e. The molecule has 7 nitrogen and oxygen atoms in total. The Labute approximate surface area is 172 Å². The summed E-state index contributed by atoms with van der Waals surface area (Å²) in [6, 6.07) is 15.9. The van der Waals surface area contributed by atoms with Crippen molar-refractivity contribution in [1.29, 1.82) is 0 Å². The van der Waals surface area contributed by atoms with Gasteiger partial charge in [0, 0.05) is 5.69 Å². The molecular formula is C23H20N6O. The van der Waals surface area contributed by atoms with Gasteiger partial charge < -0.3 is 10.3 Å². The molecule has 2 N–H and O–H groups in total. The molecule has 5 aromatic rings. The minimum atomic E-state index is -0.0222. The summed E-state index contributed by atoms with van der Waals surface area (Å²) in [4.78, 5) is 29.3. The number of aryl methyl sites for hydroxylation is 2. The lowest BCUT2D eigenvalue weighted by Gasteiger charge is -2.18. The molecule has 0 saturated heterocycles. The van der Waals surface area contributed by atoms with Crippen LogP contribution in [0.25, 0.3) is 27.6 Å². The van der Waals surface area contributed by atoms with Crippen LogP contribution in [0.5, 0.6) is 0 Å². The van der Waals surface area contributed by atoms with Crippen molar-refractivity contribution in [2.45, 2.75) is 20.4 Å². The number of imidazole rings is 1. The maximum Gasteiger partial charge on any atom is 0.263 e. The topological polar surface area (TPSA) is 88.5 Å². The number of benzene rings is 2. The first kappa shape index (κ1) is 18.1. The molecule has 0 aliphatic heterocycles. The third-order valence-electron chi connectivity index (χ3n) is 5.35. The quantitative estimate of drug-likeness (QED) is 0.481. The van der Waals surface area contributed by atoms with Crippen LogP contribution in [0, 0.1) is 13.8 Å². The summed E-state index contributed by atoms with van der Waals surface area (Å²) in [5, 5.41) is 5.01. The molecular weight excluding hydrogens is 376 g/mol. The maximum atomic E-state index is 13.6. The zero-order valence-corrected chi connectivity index (χ0v) is 16.7. The van der Waals surface area contributed by atoms with Gasteiger partial charge in [0.15, 0.2) is 11.5 Å². The second kappa shape index (κ2) is 7.11. The average Bonchev–Trinajstić information content (AvgIpc) is 3.22. The SMILES string of the molecule is Cc1ccccc1-n1c(CNc2ncnc3nc[nH]c23)cc2cccc(C)c2c1=O. The second-order valence-electron chi connectivity index (χ2n) is 7.28. The van der Waals surface area contributed by atoms with Crippen molar-refractivity contribution in [2.24, 2.45) is 0 Å². The molecule has 0 aliphatic carbocycles. The lowest BCUT2D eigenvalue weighted by molar-refractivity contribution is 0.884. The lowest BCUT2D eigenvalue weighted by Crippen LogP contribution is -2.25. The highest BCUT2D eigenvalue weighted by Gasteiger charge is 2.15. The van der Waals surface area contributed by atoms with Gasteiger partial charge >= 0.3 is 0 Å². The van der Waals surface area contributed by atoms with Crippen LogP contribution in [0.4, 0.5) is 5.82 Å². The number of pyridine rings is 1. The molecule has 2 aromatic carbocycles. The summed E-state index contributed by atoms with van der Waals surface area (Å²) in [5.74, 6) is 0.644. The predicted octanol–water partition coefficient (Wildman–Crippen LogP) is 3.89. The first-order chi connectivity index (χ1) is 14.6. The van der Waals surface area contributed by atoms with Crippen LogP contribution in [0.3, 0.4) is 0 Å². The number of hydrogen-bond acceptors (Lipinski definition) is 5. The van der Waals surface area contributed by atoms with E-state index in [2.05, 4.69) is 31.3 Å². The number of nitrogens with zero attached hydrogens (tertiary/aromatic N) is 4. The van der Waals surface area contributed by atoms with Crippen LogP contribution in [-0.4, -0.2) is 24.5 Å². The largest absolute Gasteiger partial charge is 0.363 e. The number of nitrogens with one attached hydrogen (secondary N) is 2. The zero-order chi connectivity index (χ0) is 20.7. The number of fused-ring (bicyclic) bond motifs is 2. The number of rotatable bonds is 4. The molecule has 3 aromatic heterocycles. The molecule has 0 radical (unpaired) electrons. The van der Waals surface area contributed by atoms with Gasteiger partial charge in [0.05, 0.1) is 23.9 Å². The highest BCUT2D eigenvalue weighted by Crippen LogP contribution is 2.22. The first-order valence-electron chi connectivity index (χ1n) is 9.71. The van der Waals surface area contributed by atoms with Crippen LogP contribution in [0.2, 0.25) is 0 Å². The standard InChI is InChI=1S/C23H20N6O/c1-14-6-3-4-9-18(14)29-17(10-16-8-5-7-15(2)19(16)23(29)30)11-24-21-20-22(26-12-25-20)28-13-27-21/h3-10,12-13H,11H2,1-2H3,(H2,24,25,26,27,28). The summed E-state index contributed by atoms with van der Waals surface area (Å²) in [6.07, 6.45) is 3.07. The fourth-order valence-corrected chi connectivity index (χ4v) is 3.87. The second-order valence-corrected chi connectivity index (χ2v) is 7.28. The molecule has 0 atom stereocenters. The van der Waals surface area contributed by atoms with Crippen molar-refractivity contribution in [3.63, 3.8) is 0 Å². The Balaban J connectivity index is 1.69. The van der Waals surface area contributed by atoms with Crippen molar-refractivity contribution in [3.05, 3.63) is 88.4 Å². The third kappa shape index (κ3) is 2.91. The van der Waals surface area contributed by atoms with E-state index < -0.39 is 0 Å². The van der Waals surface area contributed by atoms with E-state index in [1.54, 1.807) is 10.9 Å². The fraction of sp³-hybridized carbons (Fsp3) is 0.130. The van der Waals surface area contributed by atoms with Crippen molar-refractivity contribution in [3.8, 4) is 5.69 Å². The van der Waals surface area contributed by atoms with Crippen molar-refractivity contribution in [1.82, 2.24) is 24.5 Å². The van der Waals surface area contributed by atoms with Crippen molar-refractivity contribution in [2.75, 3.05) is 5.32 Å². The van der Waals surface area contributed by atoms with E-state index in [0.717, 1.165) is 38.8 Å². The van der Waals surface area contributed by atoms with Gasteiger partial charge in [-0.15, -0.1) is 0 Å². The molecule has 0 aliphatic rings. The highest BCUT2D eigenvalue weighted by atomic mass is 16.1. The summed E-state index contributed by atoms with van der Waals surface area (Å²) in [6.45, 7) is 4.40. The summed E-state index contributed by atoms with van der Waals surface area (Å²) < 4.78 is 1.79. The molecule has 0 spiro atoms. The monoisotopic (exact) mass is 396 g/mol. The zero-order valence-electron chi connectivity index (χ0n) is 16.7. The number of aromatic amines is 1. The van der Waals surface area contributed by atoms with Crippen LogP contribution < -0.4 is 10.9 Å². The van der Waals surface area contributed by atoms with Gasteiger partial charge in [0.2, 0.25) is 0 Å². The van der Waals surface area contributed by atoms with E-state index in [-0.39, 0.29) is 5.56 Å². The van der Waals surface area contributed by atoms with Gasteiger partial charge in [0.25, 0.3) is 5.56 Å².